The van der Waals surface area contributed by atoms with Crippen molar-refractivity contribution in [1.82, 2.24) is 9.29 Å². The zero-order valence-electron chi connectivity index (χ0n) is 22.5. The molecule has 0 fully saturated rings. The lowest BCUT2D eigenvalue weighted by Gasteiger charge is -2.24. The maximum absolute atomic E-state index is 15.2. The number of pyridine rings is 1. The molecule has 3 rings (SSSR count). The van der Waals surface area contributed by atoms with Gasteiger partial charge >= 0.3 is 0 Å². The first kappa shape index (κ1) is 30.3. The highest BCUT2D eigenvalue weighted by molar-refractivity contribution is 7.92. The van der Waals surface area contributed by atoms with Crippen molar-refractivity contribution in [2.45, 2.75) is 45.4 Å². The molecule has 12 heteroatoms. The van der Waals surface area contributed by atoms with Crippen LogP contribution in [0.25, 0.3) is 11.1 Å². The molecule has 1 aromatic heterocycles. The lowest BCUT2D eigenvalue weighted by molar-refractivity contribution is 0.103. The van der Waals surface area contributed by atoms with E-state index in [4.69, 9.17) is 0 Å². The molecular formula is C27H31F2N3O5S2. The number of rotatable bonds is 9. The van der Waals surface area contributed by atoms with Crippen molar-refractivity contribution in [2.24, 2.45) is 7.05 Å². The molecule has 0 unspecified atom stereocenters. The van der Waals surface area contributed by atoms with E-state index in [-0.39, 0.29) is 33.7 Å². The zero-order valence-corrected chi connectivity index (χ0v) is 24.1. The third-order valence-electron chi connectivity index (χ3n) is 5.96. The molecule has 2 N–H and O–H groups in total. The fraction of sp³-hybridized carbons (Fsp3) is 0.333. The average molecular weight is 580 g/mol. The van der Waals surface area contributed by atoms with Crippen molar-refractivity contribution in [3.8, 4) is 11.1 Å². The molecule has 2 aromatic carbocycles. The molecule has 39 heavy (non-hydrogen) atoms. The number of sulfonamides is 1. The van der Waals surface area contributed by atoms with E-state index in [2.05, 4.69) is 9.44 Å². The topological polar surface area (TPSA) is 114 Å². The fourth-order valence-electron chi connectivity index (χ4n) is 3.69. The van der Waals surface area contributed by atoms with E-state index in [1.165, 1.54) is 49.0 Å². The summed E-state index contributed by atoms with van der Waals surface area (Å²) >= 11 is 0. The number of aryl methyl sites for hydroxylation is 1. The summed E-state index contributed by atoms with van der Waals surface area (Å²) in [4.78, 5) is 26.2. The van der Waals surface area contributed by atoms with Crippen molar-refractivity contribution in [2.75, 3.05) is 10.5 Å². The van der Waals surface area contributed by atoms with E-state index in [1.807, 2.05) is 0 Å². The zero-order chi connectivity index (χ0) is 29.3. The first-order chi connectivity index (χ1) is 18.0. The Kier molecular flexibility index (Phi) is 8.93. The second kappa shape index (κ2) is 11.5. The van der Waals surface area contributed by atoms with Crippen LogP contribution < -0.4 is 15.0 Å². The molecule has 0 aliphatic carbocycles. The Morgan fingerprint density at radius 1 is 1.08 bits per heavy atom. The van der Waals surface area contributed by atoms with E-state index in [9.17, 15) is 26.6 Å². The first-order valence-corrected chi connectivity index (χ1v) is 14.9. The monoisotopic (exact) mass is 579 g/mol. The van der Waals surface area contributed by atoms with Gasteiger partial charge in [-0.15, -0.1) is 0 Å². The Labute approximate surface area is 229 Å². The highest BCUT2D eigenvalue weighted by atomic mass is 32.2. The molecule has 0 bridgehead atoms. The number of hydrogen-bond donors (Lipinski definition) is 2. The van der Waals surface area contributed by atoms with E-state index in [0.29, 0.717) is 11.1 Å². The van der Waals surface area contributed by atoms with E-state index in [0.717, 1.165) is 18.2 Å². The van der Waals surface area contributed by atoms with Gasteiger partial charge in [0.1, 0.15) is 11.6 Å². The summed E-state index contributed by atoms with van der Waals surface area (Å²) in [5.41, 5.74) is -0.0380. The normalized spacial score (nSPS) is 13.6. The summed E-state index contributed by atoms with van der Waals surface area (Å²) in [6, 6.07) is 7.46. The number of nitrogens with zero attached hydrogens (tertiary/aromatic N) is 1. The van der Waals surface area contributed by atoms with Gasteiger partial charge < -0.3 is 4.57 Å². The van der Waals surface area contributed by atoms with Crippen LogP contribution in [0.15, 0.2) is 53.5 Å². The smallest absolute Gasteiger partial charge is 0.250 e. The Hall–Kier alpha value is -3.22. The van der Waals surface area contributed by atoms with Crippen LogP contribution in [0, 0.1) is 11.6 Å². The quantitative estimate of drug-likeness (QED) is 0.364. The largest absolute Gasteiger partial charge is 0.318 e. The number of anilines is 1. The number of hydrogen-bond acceptors (Lipinski definition) is 5. The van der Waals surface area contributed by atoms with Gasteiger partial charge in [-0.25, -0.2) is 26.1 Å². The summed E-state index contributed by atoms with van der Waals surface area (Å²) in [5.74, 6) is -2.52. The molecule has 8 nitrogen and oxygen atoms in total. The van der Waals surface area contributed by atoms with Gasteiger partial charge in [-0.1, -0.05) is 0 Å². The molecule has 0 aliphatic rings. The van der Waals surface area contributed by atoms with Crippen LogP contribution in [0.4, 0.5) is 14.5 Å². The highest BCUT2D eigenvalue weighted by Crippen LogP contribution is 2.35. The maximum atomic E-state index is 15.2. The van der Waals surface area contributed by atoms with E-state index in [1.54, 1.807) is 27.7 Å². The van der Waals surface area contributed by atoms with Crippen molar-refractivity contribution in [1.29, 1.82) is 0 Å². The van der Waals surface area contributed by atoms with Gasteiger partial charge in [0, 0.05) is 42.0 Å². The van der Waals surface area contributed by atoms with Crippen LogP contribution in [0.5, 0.6) is 0 Å². The highest BCUT2D eigenvalue weighted by Gasteiger charge is 2.26. The SMILES string of the molecule is CCS(=O)(=O)Nc1cc(-c2cn(C)c(=O)cc2[C@H](C)N[S@@](=O)C(C)(C)C)c(C(=O)c2ccc(F)cc2)cc1F. The lowest BCUT2D eigenvalue weighted by atomic mass is 9.90. The summed E-state index contributed by atoms with van der Waals surface area (Å²) in [6.45, 7) is 8.41. The molecule has 2 atom stereocenters. The van der Waals surface area contributed by atoms with E-state index < -0.39 is 49.2 Å². The Morgan fingerprint density at radius 2 is 1.69 bits per heavy atom. The minimum absolute atomic E-state index is 0.0744. The number of carbonyl (C=O) groups excluding carboxylic acids is 1. The standard InChI is InChI=1S/C27H31F2N3O5S2/c1-7-39(36,37)31-24-13-20(21(12-23(24)29)26(34)17-8-10-18(28)11-9-17)22-15-32(6)25(33)14-19(22)16(2)30-38(35)27(3,4)5/h8-16,30-31H,7H2,1-6H3/t16-,38-/m0/s1. The van der Waals surface area contributed by atoms with Crippen LogP contribution in [-0.4, -0.2) is 33.5 Å². The van der Waals surface area contributed by atoms with Crippen LogP contribution >= 0.6 is 0 Å². The third-order valence-corrected chi connectivity index (χ3v) is 8.93. The number of carbonyl (C=O) groups is 1. The number of aromatic nitrogens is 1. The van der Waals surface area contributed by atoms with Gasteiger partial charge in [-0.3, -0.25) is 14.3 Å². The van der Waals surface area contributed by atoms with Crippen molar-refractivity contribution in [3.63, 3.8) is 0 Å². The molecule has 0 radical (unpaired) electrons. The molecular weight excluding hydrogens is 548 g/mol. The van der Waals surface area contributed by atoms with Crippen LogP contribution in [0.2, 0.25) is 0 Å². The molecule has 0 saturated heterocycles. The van der Waals surface area contributed by atoms with Gasteiger partial charge in [0.05, 0.1) is 27.2 Å². The average Bonchev–Trinajstić information content (AvgIpc) is 2.85. The number of benzene rings is 2. The number of halogens is 2. The third kappa shape index (κ3) is 7.06. The van der Waals surface area contributed by atoms with Crippen molar-refractivity contribution >= 4 is 32.5 Å². The minimum atomic E-state index is -3.88. The van der Waals surface area contributed by atoms with Gasteiger partial charge in [0.2, 0.25) is 10.0 Å². The van der Waals surface area contributed by atoms with Gasteiger partial charge in [-0.2, -0.15) is 0 Å². The summed E-state index contributed by atoms with van der Waals surface area (Å²) in [7, 11) is -3.92. The molecule has 0 spiro atoms. The molecule has 1 heterocycles. The molecule has 210 valence electrons. The van der Waals surface area contributed by atoms with Crippen molar-refractivity contribution < 1.29 is 26.2 Å². The van der Waals surface area contributed by atoms with Gasteiger partial charge in [-0.05, 0) is 82.1 Å². The predicted molar refractivity (Wildman–Crippen MR) is 149 cm³/mol. The lowest BCUT2D eigenvalue weighted by Crippen LogP contribution is -2.35. The molecule has 0 aliphatic heterocycles. The summed E-state index contributed by atoms with van der Waals surface area (Å²) in [6.07, 6.45) is 1.45. The second-order valence-electron chi connectivity index (χ2n) is 10.0. The van der Waals surface area contributed by atoms with Gasteiger partial charge in [0.25, 0.3) is 5.56 Å². The van der Waals surface area contributed by atoms with Gasteiger partial charge in [0.15, 0.2) is 5.78 Å². The van der Waals surface area contributed by atoms with Crippen molar-refractivity contribution in [3.05, 3.63) is 87.3 Å². The first-order valence-electron chi connectivity index (χ1n) is 12.1. The predicted octanol–water partition coefficient (Wildman–Crippen LogP) is 4.44. The Bertz CT molecular complexity index is 1600. The number of ketones is 1. The molecule has 0 saturated carbocycles. The molecule has 0 amide bonds. The minimum Gasteiger partial charge on any atom is -0.318 e. The summed E-state index contributed by atoms with van der Waals surface area (Å²) < 4.78 is 71.9. The Balaban J connectivity index is 2.32. The van der Waals surface area contributed by atoms with Crippen LogP contribution in [0.3, 0.4) is 0 Å². The fourth-order valence-corrected chi connectivity index (χ4v) is 5.12. The summed E-state index contributed by atoms with van der Waals surface area (Å²) in [5, 5.41) is 0. The Morgan fingerprint density at radius 3 is 2.26 bits per heavy atom. The number of nitrogens with one attached hydrogen (secondary N) is 2. The second-order valence-corrected chi connectivity index (χ2v) is 14.0. The van der Waals surface area contributed by atoms with Crippen LogP contribution in [0.1, 0.15) is 62.1 Å². The molecule has 3 aromatic rings. The van der Waals surface area contributed by atoms with Crippen LogP contribution in [-0.2, 0) is 28.1 Å². The maximum Gasteiger partial charge on any atom is 0.250 e. The van der Waals surface area contributed by atoms with E-state index >= 15 is 4.39 Å².